The number of fused-ring (bicyclic) bond motifs is 1. The van der Waals surface area contributed by atoms with Gasteiger partial charge in [0.25, 0.3) is 0 Å². The van der Waals surface area contributed by atoms with Crippen LogP contribution in [0.5, 0.6) is 0 Å². The molecule has 0 fully saturated rings. The third kappa shape index (κ3) is 3.75. The van der Waals surface area contributed by atoms with Crippen molar-refractivity contribution in [3.05, 3.63) is 34.9 Å². The van der Waals surface area contributed by atoms with E-state index in [2.05, 4.69) is 42.7 Å². The number of hydrogen-bond acceptors (Lipinski definition) is 1. The molecular formula is C17H26N2O. The molecule has 1 aliphatic carbocycles. The van der Waals surface area contributed by atoms with Crippen molar-refractivity contribution in [3.63, 3.8) is 0 Å². The SMILES string of the molecule is CCCNC(=O)N[C@H](CC)c1ccc2c(c1)CCCC2. The van der Waals surface area contributed by atoms with E-state index < -0.39 is 0 Å². The van der Waals surface area contributed by atoms with Crippen LogP contribution in [0, 0.1) is 0 Å². The van der Waals surface area contributed by atoms with Gasteiger partial charge >= 0.3 is 6.03 Å². The highest BCUT2D eigenvalue weighted by atomic mass is 16.2. The van der Waals surface area contributed by atoms with Gasteiger partial charge in [0.05, 0.1) is 6.04 Å². The van der Waals surface area contributed by atoms with Crippen molar-refractivity contribution >= 4 is 6.03 Å². The average Bonchev–Trinajstić information content (AvgIpc) is 2.50. The van der Waals surface area contributed by atoms with Crippen LogP contribution in [0.1, 0.15) is 62.3 Å². The van der Waals surface area contributed by atoms with Crippen molar-refractivity contribution in [2.75, 3.05) is 6.54 Å². The van der Waals surface area contributed by atoms with Crippen molar-refractivity contribution in [2.24, 2.45) is 0 Å². The molecule has 0 unspecified atom stereocenters. The first kappa shape index (κ1) is 14.9. The number of nitrogens with one attached hydrogen (secondary N) is 2. The molecule has 0 saturated carbocycles. The highest BCUT2D eigenvalue weighted by molar-refractivity contribution is 5.74. The van der Waals surface area contributed by atoms with Crippen molar-refractivity contribution < 1.29 is 4.79 Å². The fourth-order valence-electron chi connectivity index (χ4n) is 2.84. The highest BCUT2D eigenvalue weighted by Gasteiger charge is 2.15. The third-order valence-corrected chi connectivity index (χ3v) is 4.02. The third-order valence-electron chi connectivity index (χ3n) is 4.02. The first-order chi connectivity index (χ1) is 9.74. The van der Waals surface area contributed by atoms with Crippen LogP contribution >= 0.6 is 0 Å². The predicted octanol–water partition coefficient (Wildman–Crippen LogP) is 3.73. The summed E-state index contributed by atoms with van der Waals surface area (Å²) >= 11 is 0. The van der Waals surface area contributed by atoms with Gasteiger partial charge in [-0.2, -0.15) is 0 Å². The van der Waals surface area contributed by atoms with Crippen LogP contribution in [0.4, 0.5) is 4.79 Å². The zero-order valence-corrected chi connectivity index (χ0v) is 12.7. The Morgan fingerprint density at radius 3 is 2.65 bits per heavy atom. The lowest BCUT2D eigenvalue weighted by Gasteiger charge is -2.22. The van der Waals surface area contributed by atoms with Crippen molar-refractivity contribution in [1.29, 1.82) is 0 Å². The average molecular weight is 274 g/mol. The Labute approximate surface area is 122 Å². The second kappa shape index (κ2) is 7.32. The normalized spacial score (nSPS) is 15.3. The molecular weight excluding hydrogens is 248 g/mol. The van der Waals surface area contributed by atoms with Crippen LogP contribution in [0.15, 0.2) is 18.2 Å². The Kier molecular flexibility index (Phi) is 5.45. The molecule has 0 aromatic heterocycles. The lowest BCUT2D eigenvalue weighted by atomic mass is 9.89. The molecule has 0 spiro atoms. The second-order valence-corrected chi connectivity index (χ2v) is 5.60. The summed E-state index contributed by atoms with van der Waals surface area (Å²) in [5.74, 6) is 0. The molecule has 0 bridgehead atoms. The first-order valence-corrected chi connectivity index (χ1v) is 7.90. The maximum Gasteiger partial charge on any atom is 0.315 e. The lowest BCUT2D eigenvalue weighted by Crippen LogP contribution is -2.38. The monoisotopic (exact) mass is 274 g/mol. The molecule has 110 valence electrons. The maximum absolute atomic E-state index is 11.8. The van der Waals surface area contributed by atoms with E-state index in [1.54, 1.807) is 0 Å². The Balaban J connectivity index is 2.05. The molecule has 1 aromatic carbocycles. The van der Waals surface area contributed by atoms with Crippen LogP contribution in [0.2, 0.25) is 0 Å². The van der Waals surface area contributed by atoms with Crippen LogP contribution in [-0.4, -0.2) is 12.6 Å². The molecule has 1 atom stereocenters. The summed E-state index contributed by atoms with van der Waals surface area (Å²) in [6.45, 7) is 4.90. The van der Waals surface area contributed by atoms with Crippen LogP contribution in [-0.2, 0) is 12.8 Å². The van der Waals surface area contributed by atoms with Gasteiger partial charge in [-0.05, 0) is 55.2 Å². The first-order valence-electron chi connectivity index (χ1n) is 7.90. The van der Waals surface area contributed by atoms with Gasteiger partial charge in [-0.25, -0.2) is 4.79 Å². The van der Waals surface area contributed by atoms with Gasteiger partial charge in [-0.15, -0.1) is 0 Å². The molecule has 1 aromatic rings. The molecule has 3 nitrogen and oxygen atoms in total. The second-order valence-electron chi connectivity index (χ2n) is 5.60. The van der Waals surface area contributed by atoms with Gasteiger partial charge in [0.1, 0.15) is 0 Å². The summed E-state index contributed by atoms with van der Waals surface area (Å²) in [5.41, 5.74) is 4.20. The summed E-state index contributed by atoms with van der Waals surface area (Å²) in [6.07, 6.45) is 6.86. The summed E-state index contributed by atoms with van der Waals surface area (Å²) in [4.78, 5) is 11.8. The van der Waals surface area contributed by atoms with E-state index in [9.17, 15) is 4.79 Å². The van der Waals surface area contributed by atoms with Crippen LogP contribution in [0.3, 0.4) is 0 Å². The summed E-state index contributed by atoms with van der Waals surface area (Å²) in [7, 11) is 0. The summed E-state index contributed by atoms with van der Waals surface area (Å²) < 4.78 is 0. The Bertz CT molecular complexity index is 456. The molecule has 0 saturated heterocycles. The van der Waals surface area contributed by atoms with Gasteiger partial charge < -0.3 is 10.6 Å². The van der Waals surface area contributed by atoms with Gasteiger partial charge in [-0.1, -0.05) is 32.0 Å². The molecule has 0 radical (unpaired) electrons. The van der Waals surface area contributed by atoms with Crippen LogP contribution < -0.4 is 10.6 Å². The molecule has 20 heavy (non-hydrogen) atoms. The quantitative estimate of drug-likeness (QED) is 0.844. The molecule has 0 aliphatic heterocycles. The van der Waals surface area contributed by atoms with Gasteiger partial charge in [0.2, 0.25) is 0 Å². The molecule has 2 rings (SSSR count). The topological polar surface area (TPSA) is 41.1 Å². The van der Waals surface area contributed by atoms with Crippen molar-refractivity contribution in [1.82, 2.24) is 10.6 Å². The number of carbonyl (C=O) groups excluding carboxylic acids is 1. The van der Waals surface area contributed by atoms with E-state index in [0.717, 1.165) is 19.4 Å². The largest absolute Gasteiger partial charge is 0.338 e. The fraction of sp³-hybridized carbons (Fsp3) is 0.588. The molecule has 1 aliphatic rings. The van der Waals surface area contributed by atoms with E-state index in [1.165, 1.54) is 42.4 Å². The van der Waals surface area contributed by atoms with E-state index >= 15 is 0 Å². The zero-order chi connectivity index (χ0) is 14.4. The minimum atomic E-state index is -0.0589. The number of rotatable bonds is 5. The van der Waals surface area contributed by atoms with Crippen molar-refractivity contribution in [2.45, 2.75) is 58.4 Å². The maximum atomic E-state index is 11.8. The minimum Gasteiger partial charge on any atom is -0.338 e. The van der Waals surface area contributed by atoms with E-state index in [-0.39, 0.29) is 12.1 Å². The summed E-state index contributed by atoms with van der Waals surface area (Å²) in [6, 6.07) is 6.77. The van der Waals surface area contributed by atoms with E-state index in [1.807, 2.05) is 0 Å². The number of carbonyl (C=O) groups is 1. The highest BCUT2D eigenvalue weighted by Crippen LogP contribution is 2.25. The number of urea groups is 1. The van der Waals surface area contributed by atoms with Crippen molar-refractivity contribution in [3.8, 4) is 0 Å². The Morgan fingerprint density at radius 1 is 1.20 bits per heavy atom. The van der Waals surface area contributed by atoms with Gasteiger partial charge in [0.15, 0.2) is 0 Å². The van der Waals surface area contributed by atoms with Gasteiger partial charge in [0, 0.05) is 6.54 Å². The smallest absolute Gasteiger partial charge is 0.315 e. The number of amides is 2. The Hall–Kier alpha value is -1.51. The standard InChI is InChI=1S/C17H26N2O/c1-3-11-18-17(20)19-16(4-2)15-10-9-13-7-5-6-8-14(13)12-15/h9-10,12,16H,3-8,11H2,1-2H3,(H2,18,19,20)/t16-/m1/s1. The molecule has 2 amide bonds. The lowest BCUT2D eigenvalue weighted by molar-refractivity contribution is 0.236. The number of benzene rings is 1. The zero-order valence-electron chi connectivity index (χ0n) is 12.7. The fourth-order valence-corrected chi connectivity index (χ4v) is 2.84. The minimum absolute atomic E-state index is 0.0589. The number of aryl methyl sites for hydroxylation is 2. The van der Waals surface area contributed by atoms with E-state index in [4.69, 9.17) is 0 Å². The van der Waals surface area contributed by atoms with Gasteiger partial charge in [-0.3, -0.25) is 0 Å². The predicted molar refractivity (Wildman–Crippen MR) is 82.9 cm³/mol. The molecule has 3 heteroatoms. The van der Waals surface area contributed by atoms with Crippen LogP contribution in [0.25, 0.3) is 0 Å². The summed E-state index contributed by atoms with van der Waals surface area (Å²) in [5, 5.41) is 5.95. The Morgan fingerprint density at radius 2 is 1.95 bits per heavy atom. The van der Waals surface area contributed by atoms with E-state index in [0.29, 0.717) is 0 Å². The number of hydrogen-bond donors (Lipinski definition) is 2. The molecule has 2 N–H and O–H groups in total. The molecule has 0 heterocycles.